The minimum atomic E-state index is -0.993. The molecule has 2 rings (SSSR count). The Balaban J connectivity index is 2.30. The maximum Gasteiger partial charge on any atom is 0.336 e. The summed E-state index contributed by atoms with van der Waals surface area (Å²) in [5.74, 6) is -1.05. The van der Waals surface area contributed by atoms with E-state index in [1.165, 1.54) is 6.07 Å². The number of carbonyl (C=O) groups excluding carboxylic acids is 1. The van der Waals surface area contributed by atoms with Crippen molar-refractivity contribution in [1.82, 2.24) is 4.90 Å². The lowest BCUT2D eigenvalue weighted by Gasteiger charge is -2.27. The lowest BCUT2D eigenvalue weighted by molar-refractivity contribution is 0.0695. The molecule has 0 radical (unpaired) electrons. The maximum atomic E-state index is 12.3. The molecule has 0 aliphatic carbocycles. The first kappa shape index (κ1) is 13.3. The number of nitrogens with zero attached hydrogens (tertiary/aromatic N) is 1. The molecule has 1 aliphatic rings. The molecule has 0 unspecified atom stereocenters. The topological polar surface area (TPSA) is 57.6 Å². The quantitative estimate of drug-likeness (QED) is 0.826. The lowest BCUT2D eigenvalue weighted by atomic mass is 10.1. The summed E-state index contributed by atoms with van der Waals surface area (Å²) in [6.45, 7) is 1.54. The summed E-state index contributed by atoms with van der Waals surface area (Å²) < 4.78 is 0.526. The average Bonchev–Trinajstić information content (AvgIpc) is 2.39. The molecule has 4 nitrogen and oxygen atoms in total. The van der Waals surface area contributed by atoms with E-state index in [-0.39, 0.29) is 11.5 Å². The molecule has 1 N–H and O–H groups in total. The van der Waals surface area contributed by atoms with Gasteiger partial charge in [-0.2, -0.15) is 0 Å². The monoisotopic (exact) mass is 359 g/mol. The first-order valence-corrected chi connectivity index (χ1v) is 7.00. The number of halogens is 1. The van der Waals surface area contributed by atoms with E-state index in [4.69, 9.17) is 5.11 Å². The molecule has 1 saturated heterocycles. The van der Waals surface area contributed by atoms with Crippen molar-refractivity contribution in [2.24, 2.45) is 0 Å². The molecule has 5 heteroatoms. The van der Waals surface area contributed by atoms with Gasteiger partial charge in [0.25, 0.3) is 5.91 Å². The highest BCUT2D eigenvalue weighted by molar-refractivity contribution is 14.1. The fourth-order valence-corrected chi connectivity index (χ4v) is 2.95. The van der Waals surface area contributed by atoms with Crippen LogP contribution in [0.1, 0.15) is 40.0 Å². The SMILES string of the molecule is O=C(O)c1cccc(C(=O)N2CCCCC2)c1I. The molecule has 1 aromatic carbocycles. The fourth-order valence-electron chi connectivity index (χ4n) is 2.13. The van der Waals surface area contributed by atoms with Crippen LogP contribution in [0.4, 0.5) is 0 Å². The van der Waals surface area contributed by atoms with E-state index in [1.807, 2.05) is 27.5 Å². The van der Waals surface area contributed by atoms with Crippen LogP contribution in [0.15, 0.2) is 18.2 Å². The minimum Gasteiger partial charge on any atom is -0.478 e. The van der Waals surface area contributed by atoms with Crippen LogP contribution in [0, 0.1) is 3.57 Å². The van der Waals surface area contributed by atoms with Gasteiger partial charge < -0.3 is 10.0 Å². The van der Waals surface area contributed by atoms with E-state index in [2.05, 4.69) is 0 Å². The number of benzene rings is 1. The molecule has 1 fully saturated rings. The number of likely N-dealkylation sites (tertiary alicyclic amines) is 1. The summed E-state index contributed by atoms with van der Waals surface area (Å²) >= 11 is 1.94. The zero-order chi connectivity index (χ0) is 13.1. The number of hydrogen-bond acceptors (Lipinski definition) is 2. The van der Waals surface area contributed by atoms with Gasteiger partial charge in [0.15, 0.2) is 0 Å². The molecule has 0 spiro atoms. The molecule has 1 aliphatic heterocycles. The second-order valence-electron chi connectivity index (χ2n) is 4.33. The molecule has 1 heterocycles. The fraction of sp³-hybridized carbons (Fsp3) is 0.385. The lowest BCUT2D eigenvalue weighted by Crippen LogP contribution is -2.36. The van der Waals surface area contributed by atoms with Crippen molar-refractivity contribution < 1.29 is 14.7 Å². The molecule has 96 valence electrons. The average molecular weight is 359 g/mol. The molecular weight excluding hydrogens is 345 g/mol. The highest BCUT2D eigenvalue weighted by Crippen LogP contribution is 2.21. The van der Waals surface area contributed by atoms with Crippen molar-refractivity contribution in [3.63, 3.8) is 0 Å². The van der Waals surface area contributed by atoms with Gasteiger partial charge in [-0.05, 0) is 54.0 Å². The van der Waals surface area contributed by atoms with E-state index >= 15 is 0 Å². The largest absolute Gasteiger partial charge is 0.478 e. The number of hydrogen-bond donors (Lipinski definition) is 1. The van der Waals surface area contributed by atoms with Gasteiger partial charge in [-0.1, -0.05) is 6.07 Å². The summed E-state index contributed by atoms with van der Waals surface area (Å²) in [6, 6.07) is 4.85. The van der Waals surface area contributed by atoms with E-state index in [9.17, 15) is 9.59 Å². The Kier molecular flexibility index (Phi) is 4.21. The Labute approximate surface area is 119 Å². The third-order valence-electron chi connectivity index (χ3n) is 3.10. The Hall–Kier alpha value is -1.11. The molecule has 18 heavy (non-hydrogen) atoms. The van der Waals surface area contributed by atoms with Gasteiger partial charge >= 0.3 is 5.97 Å². The zero-order valence-electron chi connectivity index (χ0n) is 9.86. The number of carbonyl (C=O) groups is 2. The molecule has 0 saturated carbocycles. The smallest absolute Gasteiger partial charge is 0.336 e. The molecule has 0 atom stereocenters. The van der Waals surface area contributed by atoms with Crippen LogP contribution in [0.3, 0.4) is 0 Å². The summed E-state index contributed by atoms with van der Waals surface area (Å²) in [6.07, 6.45) is 3.22. The third kappa shape index (κ3) is 2.66. The second kappa shape index (κ2) is 5.69. The Morgan fingerprint density at radius 3 is 2.33 bits per heavy atom. The van der Waals surface area contributed by atoms with Crippen LogP contribution in [0.25, 0.3) is 0 Å². The van der Waals surface area contributed by atoms with Crippen molar-refractivity contribution in [3.8, 4) is 0 Å². The number of piperidine rings is 1. The number of amides is 1. The first-order valence-electron chi connectivity index (χ1n) is 5.92. The third-order valence-corrected chi connectivity index (χ3v) is 4.27. The molecule has 0 aromatic heterocycles. The van der Waals surface area contributed by atoms with Gasteiger partial charge in [0.1, 0.15) is 0 Å². The normalized spacial score (nSPS) is 15.5. The van der Waals surface area contributed by atoms with Crippen LogP contribution in [-0.2, 0) is 0 Å². The Morgan fingerprint density at radius 2 is 1.72 bits per heavy atom. The second-order valence-corrected chi connectivity index (χ2v) is 5.40. The van der Waals surface area contributed by atoms with Gasteiger partial charge in [0, 0.05) is 16.7 Å². The van der Waals surface area contributed by atoms with E-state index in [0.717, 1.165) is 32.4 Å². The number of carboxylic acid groups (broad SMARTS) is 1. The molecular formula is C13H14INO3. The zero-order valence-corrected chi connectivity index (χ0v) is 12.0. The maximum absolute atomic E-state index is 12.3. The van der Waals surface area contributed by atoms with Crippen LogP contribution in [-0.4, -0.2) is 35.0 Å². The van der Waals surface area contributed by atoms with Crippen LogP contribution in [0.2, 0.25) is 0 Å². The first-order chi connectivity index (χ1) is 8.61. The number of carboxylic acids is 1. The van der Waals surface area contributed by atoms with Gasteiger partial charge in [-0.15, -0.1) is 0 Å². The summed E-state index contributed by atoms with van der Waals surface area (Å²) in [5.41, 5.74) is 0.691. The molecule has 1 amide bonds. The molecule has 1 aromatic rings. The van der Waals surface area contributed by atoms with E-state index in [1.54, 1.807) is 12.1 Å². The Morgan fingerprint density at radius 1 is 1.11 bits per heavy atom. The van der Waals surface area contributed by atoms with Crippen molar-refractivity contribution >= 4 is 34.5 Å². The minimum absolute atomic E-state index is 0.0535. The summed E-state index contributed by atoms with van der Waals surface area (Å²) in [7, 11) is 0. The Bertz CT molecular complexity index is 481. The van der Waals surface area contributed by atoms with Gasteiger partial charge in [-0.3, -0.25) is 4.79 Å². The van der Waals surface area contributed by atoms with Crippen LogP contribution >= 0.6 is 22.6 Å². The molecule has 0 bridgehead atoms. The number of aromatic carboxylic acids is 1. The summed E-state index contributed by atoms with van der Waals surface area (Å²) in [5, 5.41) is 9.05. The van der Waals surface area contributed by atoms with Crippen molar-refractivity contribution in [2.45, 2.75) is 19.3 Å². The number of rotatable bonds is 2. The predicted molar refractivity (Wildman–Crippen MR) is 75.9 cm³/mol. The highest BCUT2D eigenvalue weighted by atomic mass is 127. The van der Waals surface area contributed by atoms with Gasteiger partial charge in [0.05, 0.1) is 11.1 Å². The van der Waals surface area contributed by atoms with Gasteiger partial charge in [0.2, 0.25) is 0 Å². The van der Waals surface area contributed by atoms with E-state index < -0.39 is 5.97 Å². The standard InChI is InChI=1S/C13H14INO3/c14-11-9(5-4-6-10(11)13(17)18)12(16)15-7-2-1-3-8-15/h4-6H,1-3,7-8H2,(H,17,18). The van der Waals surface area contributed by atoms with Crippen molar-refractivity contribution in [2.75, 3.05) is 13.1 Å². The summed E-state index contributed by atoms with van der Waals surface area (Å²) in [4.78, 5) is 25.2. The van der Waals surface area contributed by atoms with Crippen LogP contribution in [0.5, 0.6) is 0 Å². The van der Waals surface area contributed by atoms with E-state index in [0.29, 0.717) is 9.13 Å². The van der Waals surface area contributed by atoms with Crippen LogP contribution < -0.4 is 0 Å². The van der Waals surface area contributed by atoms with Crippen molar-refractivity contribution in [3.05, 3.63) is 32.9 Å². The van der Waals surface area contributed by atoms with Gasteiger partial charge in [-0.25, -0.2) is 4.79 Å². The van der Waals surface area contributed by atoms with Crippen molar-refractivity contribution in [1.29, 1.82) is 0 Å². The predicted octanol–water partition coefficient (Wildman–Crippen LogP) is 2.62. The highest BCUT2D eigenvalue weighted by Gasteiger charge is 2.22.